The number of hydrogen-bond donors (Lipinski definition) is 3. The van der Waals surface area contributed by atoms with Crippen LogP contribution in [0.5, 0.6) is 0 Å². The number of carbonyl (C=O) groups is 2. The van der Waals surface area contributed by atoms with Gasteiger partial charge >= 0.3 is 0 Å². The Hall–Kier alpha value is -1.86. The lowest BCUT2D eigenvalue weighted by molar-refractivity contribution is -0.116. The highest BCUT2D eigenvalue weighted by Gasteiger charge is 2.14. The maximum Gasteiger partial charge on any atom is 0.258 e. The number of rotatable bonds is 5. The molecule has 0 aromatic heterocycles. The highest BCUT2D eigenvalue weighted by Crippen LogP contribution is 2.27. The predicted octanol–water partition coefficient (Wildman–Crippen LogP) is 5.51. The first-order valence-electron chi connectivity index (χ1n) is 7.97. The van der Waals surface area contributed by atoms with Gasteiger partial charge in [-0.1, -0.05) is 47.8 Å². The van der Waals surface area contributed by atoms with Crippen LogP contribution in [0.25, 0.3) is 0 Å². The van der Waals surface area contributed by atoms with Crippen molar-refractivity contribution in [3.63, 3.8) is 0 Å². The van der Waals surface area contributed by atoms with Gasteiger partial charge in [0.1, 0.15) is 0 Å². The maximum absolute atomic E-state index is 12.3. The van der Waals surface area contributed by atoms with E-state index in [1.54, 1.807) is 30.3 Å². The van der Waals surface area contributed by atoms with Gasteiger partial charge in [-0.2, -0.15) is 0 Å². The van der Waals surface area contributed by atoms with Crippen molar-refractivity contribution in [2.24, 2.45) is 0 Å². The number of hydrogen-bond acceptors (Lipinski definition) is 3. The summed E-state index contributed by atoms with van der Waals surface area (Å²) in [4.78, 5) is 24.0. The SMILES string of the molecule is CCCC(=O)Nc1ccc(Cl)c(NC(=S)NC(=O)c2cccc(Cl)c2Cl)c1. The Morgan fingerprint density at radius 3 is 2.48 bits per heavy atom. The van der Waals surface area contributed by atoms with E-state index in [2.05, 4.69) is 16.0 Å². The Morgan fingerprint density at radius 2 is 1.78 bits per heavy atom. The molecule has 142 valence electrons. The molecular formula is C18H16Cl3N3O2S. The Balaban J connectivity index is 2.07. The van der Waals surface area contributed by atoms with Gasteiger partial charge in [-0.15, -0.1) is 0 Å². The van der Waals surface area contributed by atoms with Crippen molar-refractivity contribution in [2.75, 3.05) is 10.6 Å². The van der Waals surface area contributed by atoms with Gasteiger partial charge in [0, 0.05) is 12.1 Å². The second-order valence-corrected chi connectivity index (χ2v) is 7.10. The second-order valence-electron chi connectivity index (χ2n) is 5.50. The van der Waals surface area contributed by atoms with E-state index in [4.69, 9.17) is 47.0 Å². The molecule has 2 amide bonds. The predicted molar refractivity (Wildman–Crippen MR) is 115 cm³/mol. The van der Waals surface area contributed by atoms with E-state index in [1.807, 2.05) is 6.92 Å². The summed E-state index contributed by atoms with van der Waals surface area (Å²) in [6.45, 7) is 1.92. The number of anilines is 2. The van der Waals surface area contributed by atoms with Crippen LogP contribution in [0.4, 0.5) is 11.4 Å². The molecule has 0 bridgehead atoms. The molecule has 0 heterocycles. The third-order valence-corrected chi connectivity index (χ3v) is 4.75. The molecular weight excluding hydrogens is 429 g/mol. The molecule has 0 aliphatic rings. The van der Waals surface area contributed by atoms with Crippen LogP contribution < -0.4 is 16.0 Å². The molecule has 0 atom stereocenters. The zero-order chi connectivity index (χ0) is 20.0. The third-order valence-electron chi connectivity index (χ3n) is 3.40. The largest absolute Gasteiger partial charge is 0.331 e. The molecule has 0 aliphatic carbocycles. The van der Waals surface area contributed by atoms with Crippen molar-refractivity contribution < 1.29 is 9.59 Å². The second kappa shape index (κ2) is 9.90. The summed E-state index contributed by atoms with van der Waals surface area (Å²) in [6, 6.07) is 9.64. The molecule has 0 saturated heterocycles. The average molecular weight is 445 g/mol. The molecule has 0 saturated carbocycles. The summed E-state index contributed by atoms with van der Waals surface area (Å²) in [5, 5.41) is 8.91. The molecule has 0 spiro atoms. The number of carbonyl (C=O) groups excluding carboxylic acids is 2. The van der Waals surface area contributed by atoms with Crippen molar-refractivity contribution in [3.8, 4) is 0 Å². The molecule has 2 aromatic carbocycles. The van der Waals surface area contributed by atoms with Crippen molar-refractivity contribution in [2.45, 2.75) is 19.8 Å². The molecule has 0 aliphatic heterocycles. The molecule has 2 rings (SSSR count). The number of nitrogens with one attached hydrogen (secondary N) is 3. The van der Waals surface area contributed by atoms with Crippen LogP contribution in [0.15, 0.2) is 36.4 Å². The first kappa shape index (κ1) is 21.4. The lowest BCUT2D eigenvalue weighted by Crippen LogP contribution is -2.34. The highest BCUT2D eigenvalue weighted by atomic mass is 35.5. The van der Waals surface area contributed by atoms with Gasteiger partial charge in [0.25, 0.3) is 5.91 Å². The van der Waals surface area contributed by atoms with Gasteiger partial charge in [0.15, 0.2) is 5.11 Å². The van der Waals surface area contributed by atoms with Crippen LogP contribution in [0.3, 0.4) is 0 Å². The van der Waals surface area contributed by atoms with Crippen LogP contribution in [0.2, 0.25) is 15.1 Å². The zero-order valence-electron chi connectivity index (χ0n) is 14.2. The van der Waals surface area contributed by atoms with Crippen molar-refractivity contribution >= 4 is 75.3 Å². The van der Waals surface area contributed by atoms with E-state index in [9.17, 15) is 9.59 Å². The standard InChI is InChI=1S/C18H16Cl3N3O2S/c1-2-4-15(25)22-10-7-8-12(19)14(9-10)23-18(27)24-17(26)11-5-3-6-13(20)16(11)21/h3,5-9H,2,4H2,1H3,(H,22,25)(H2,23,24,26,27). The molecule has 27 heavy (non-hydrogen) atoms. The Bertz CT molecular complexity index is 890. The van der Waals surface area contributed by atoms with E-state index >= 15 is 0 Å². The molecule has 0 fully saturated rings. The number of amides is 2. The van der Waals surface area contributed by atoms with Gasteiger partial charge in [-0.25, -0.2) is 0 Å². The normalized spacial score (nSPS) is 10.2. The third kappa shape index (κ3) is 6.07. The Morgan fingerprint density at radius 1 is 1.04 bits per heavy atom. The summed E-state index contributed by atoms with van der Waals surface area (Å²) in [6.07, 6.45) is 1.16. The van der Waals surface area contributed by atoms with Crippen LogP contribution in [0, 0.1) is 0 Å². The lowest BCUT2D eigenvalue weighted by atomic mass is 10.2. The van der Waals surface area contributed by atoms with E-state index in [0.717, 1.165) is 6.42 Å². The fourth-order valence-electron chi connectivity index (χ4n) is 2.15. The van der Waals surface area contributed by atoms with Crippen molar-refractivity contribution in [3.05, 3.63) is 57.0 Å². The summed E-state index contributed by atoms with van der Waals surface area (Å²) in [5.74, 6) is -0.610. The average Bonchev–Trinajstić information content (AvgIpc) is 2.60. The summed E-state index contributed by atoms with van der Waals surface area (Å²) >= 11 is 23.3. The van der Waals surface area contributed by atoms with Gasteiger partial charge in [0.2, 0.25) is 5.91 Å². The topological polar surface area (TPSA) is 70.2 Å². The quantitative estimate of drug-likeness (QED) is 0.532. The maximum atomic E-state index is 12.3. The molecule has 0 unspecified atom stereocenters. The fraction of sp³-hybridized carbons (Fsp3) is 0.167. The Labute approximate surface area is 177 Å². The first-order chi connectivity index (χ1) is 12.8. The molecule has 2 aromatic rings. The monoisotopic (exact) mass is 443 g/mol. The lowest BCUT2D eigenvalue weighted by Gasteiger charge is -2.13. The molecule has 5 nitrogen and oxygen atoms in total. The number of halogens is 3. The van der Waals surface area contributed by atoms with E-state index in [0.29, 0.717) is 22.8 Å². The number of thiocarbonyl (C=S) groups is 1. The van der Waals surface area contributed by atoms with Gasteiger partial charge in [0.05, 0.1) is 26.3 Å². The van der Waals surface area contributed by atoms with Gasteiger partial charge < -0.3 is 10.6 Å². The minimum Gasteiger partial charge on any atom is -0.331 e. The molecule has 0 radical (unpaired) electrons. The smallest absolute Gasteiger partial charge is 0.258 e. The minimum absolute atomic E-state index is 0.0231. The summed E-state index contributed by atoms with van der Waals surface area (Å²) < 4.78 is 0. The molecule has 3 N–H and O–H groups in total. The molecule has 9 heteroatoms. The van der Waals surface area contributed by atoms with Crippen LogP contribution in [-0.4, -0.2) is 16.9 Å². The summed E-state index contributed by atoms with van der Waals surface area (Å²) in [5.41, 5.74) is 1.20. The number of benzene rings is 2. The van der Waals surface area contributed by atoms with Crippen LogP contribution in [-0.2, 0) is 4.79 Å². The van der Waals surface area contributed by atoms with Gasteiger partial charge in [-0.05, 0) is 49.0 Å². The summed E-state index contributed by atoms with van der Waals surface area (Å²) in [7, 11) is 0. The highest BCUT2D eigenvalue weighted by molar-refractivity contribution is 7.80. The van der Waals surface area contributed by atoms with Crippen LogP contribution in [0.1, 0.15) is 30.1 Å². The van der Waals surface area contributed by atoms with E-state index < -0.39 is 5.91 Å². The van der Waals surface area contributed by atoms with E-state index in [1.165, 1.54) is 6.07 Å². The Kier molecular flexibility index (Phi) is 7.86. The van der Waals surface area contributed by atoms with Crippen LogP contribution >= 0.6 is 47.0 Å². The van der Waals surface area contributed by atoms with Crippen molar-refractivity contribution in [1.29, 1.82) is 0 Å². The first-order valence-corrected chi connectivity index (χ1v) is 9.51. The minimum atomic E-state index is -0.511. The van der Waals surface area contributed by atoms with E-state index in [-0.39, 0.29) is 26.6 Å². The van der Waals surface area contributed by atoms with Gasteiger partial charge in [-0.3, -0.25) is 14.9 Å². The fourth-order valence-corrected chi connectivity index (χ4v) is 2.91. The zero-order valence-corrected chi connectivity index (χ0v) is 17.3. The van der Waals surface area contributed by atoms with Crippen molar-refractivity contribution in [1.82, 2.24) is 5.32 Å².